The summed E-state index contributed by atoms with van der Waals surface area (Å²) in [7, 11) is 0. The van der Waals surface area contributed by atoms with Gasteiger partial charge in [0.05, 0.1) is 26.2 Å². The fourth-order valence-corrected chi connectivity index (χ4v) is 3.20. The van der Waals surface area contributed by atoms with Crippen LogP contribution in [0.5, 0.6) is 0 Å². The van der Waals surface area contributed by atoms with E-state index in [0.29, 0.717) is 13.1 Å². The number of amides is 2. The van der Waals surface area contributed by atoms with Crippen molar-refractivity contribution >= 4 is 23.8 Å². The highest BCUT2D eigenvalue weighted by atomic mass is 16.4. The quantitative estimate of drug-likeness (QED) is 0.293. The molecule has 0 aromatic heterocycles. The van der Waals surface area contributed by atoms with Crippen molar-refractivity contribution in [2.24, 2.45) is 0 Å². The maximum atomic E-state index is 12.3. The predicted octanol–water partition coefficient (Wildman–Crippen LogP) is 0.392. The first kappa shape index (κ1) is 26.5. The van der Waals surface area contributed by atoms with E-state index >= 15 is 0 Å². The number of hydrogen-bond donors (Lipinski definition) is 4. The van der Waals surface area contributed by atoms with E-state index in [4.69, 9.17) is 0 Å². The third-order valence-electron chi connectivity index (χ3n) is 4.85. The lowest BCUT2D eigenvalue weighted by molar-refractivity contribution is -0.141. The van der Waals surface area contributed by atoms with Gasteiger partial charge in [-0.25, -0.2) is 0 Å². The maximum absolute atomic E-state index is 12.3. The van der Waals surface area contributed by atoms with Gasteiger partial charge in [0.15, 0.2) is 0 Å². The van der Waals surface area contributed by atoms with Crippen LogP contribution in [0.1, 0.15) is 11.1 Å². The molecule has 4 N–H and O–H groups in total. The van der Waals surface area contributed by atoms with E-state index in [1.165, 1.54) is 9.80 Å². The highest BCUT2D eigenvalue weighted by molar-refractivity contribution is 5.79. The van der Waals surface area contributed by atoms with Crippen molar-refractivity contribution in [1.29, 1.82) is 0 Å². The van der Waals surface area contributed by atoms with Crippen molar-refractivity contribution in [3.05, 3.63) is 71.8 Å². The molecule has 0 saturated carbocycles. The van der Waals surface area contributed by atoms with Crippen LogP contribution >= 0.6 is 0 Å². The fraction of sp³-hybridized carbons (Fsp3) is 0.333. The van der Waals surface area contributed by atoms with Crippen molar-refractivity contribution < 1.29 is 29.4 Å². The molecule has 0 spiro atoms. The van der Waals surface area contributed by atoms with Crippen LogP contribution in [0, 0.1) is 0 Å². The number of carboxylic acid groups (broad SMARTS) is 2. The minimum Gasteiger partial charge on any atom is -0.480 e. The number of carbonyl (C=O) groups is 4. The molecule has 2 rings (SSSR count). The Kier molecular flexibility index (Phi) is 11.2. The van der Waals surface area contributed by atoms with Gasteiger partial charge in [0.25, 0.3) is 0 Å². The van der Waals surface area contributed by atoms with Crippen LogP contribution in [0.2, 0.25) is 0 Å². The first-order chi connectivity index (χ1) is 16.3. The Morgan fingerprint density at radius 3 is 1.26 bits per heavy atom. The molecule has 10 heteroatoms. The zero-order valence-electron chi connectivity index (χ0n) is 18.9. The molecular formula is C24H30N4O6. The van der Waals surface area contributed by atoms with E-state index < -0.39 is 11.9 Å². The van der Waals surface area contributed by atoms with Gasteiger partial charge >= 0.3 is 11.9 Å². The fourth-order valence-electron chi connectivity index (χ4n) is 3.20. The van der Waals surface area contributed by atoms with Gasteiger partial charge in [-0.3, -0.25) is 29.0 Å². The summed E-state index contributed by atoms with van der Waals surface area (Å²) in [4.78, 5) is 49.9. The molecule has 0 atom stereocenters. The lowest BCUT2D eigenvalue weighted by Gasteiger charge is -2.25. The highest BCUT2D eigenvalue weighted by Gasteiger charge is 2.18. The highest BCUT2D eigenvalue weighted by Crippen LogP contribution is 2.00. The summed E-state index contributed by atoms with van der Waals surface area (Å²) >= 11 is 0. The van der Waals surface area contributed by atoms with Gasteiger partial charge in [0.1, 0.15) is 0 Å². The largest absolute Gasteiger partial charge is 0.480 e. The molecule has 0 heterocycles. The van der Waals surface area contributed by atoms with Crippen LogP contribution in [0.4, 0.5) is 0 Å². The van der Waals surface area contributed by atoms with Gasteiger partial charge in [-0.2, -0.15) is 0 Å². The van der Waals surface area contributed by atoms with E-state index in [0.717, 1.165) is 11.1 Å². The van der Waals surface area contributed by atoms with Gasteiger partial charge < -0.3 is 20.8 Å². The second-order valence-electron chi connectivity index (χ2n) is 7.73. The second-order valence-corrected chi connectivity index (χ2v) is 7.73. The van der Waals surface area contributed by atoms with E-state index in [-0.39, 0.29) is 51.1 Å². The van der Waals surface area contributed by atoms with E-state index in [1.54, 1.807) is 0 Å². The molecule has 0 aliphatic carbocycles. The van der Waals surface area contributed by atoms with Crippen molar-refractivity contribution in [3.8, 4) is 0 Å². The first-order valence-electron chi connectivity index (χ1n) is 10.8. The number of benzene rings is 2. The van der Waals surface area contributed by atoms with E-state index in [2.05, 4.69) is 10.6 Å². The van der Waals surface area contributed by atoms with Crippen molar-refractivity contribution in [2.45, 2.75) is 13.1 Å². The molecule has 0 aliphatic heterocycles. The number of rotatable bonds is 15. The number of carbonyl (C=O) groups excluding carboxylic acids is 2. The summed E-state index contributed by atoms with van der Waals surface area (Å²) in [5.74, 6) is -2.92. The standard InChI is InChI=1S/C24H30N4O6/c29-21(25-13-19-7-3-1-4-8-19)15-27(17-23(31)32)11-12-28(18-24(33)34)16-22(30)26-14-20-9-5-2-6-10-20/h1-10H,11-18H2,(H,25,29)(H,26,30)(H,31,32)(H,33,34). The molecule has 182 valence electrons. The molecule has 0 radical (unpaired) electrons. The first-order valence-corrected chi connectivity index (χ1v) is 10.8. The average molecular weight is 471 g/mol. The predicted molar refractivity (Wildman–Crippen MR) is 125 cm³/mol. The maximum Gasteiger partial charge on any atom is 0.317 e. The SMILES string of the molecule is O=C(O)CN(CCN(CC(=O)O)CC(=O)NCc1ccccc1)CC(=O)NCc1ccccc1. The lowest BCUT2D eigenvalue weighted by Crippen LogP contribution is -2.46. The van der Waals surface area contributed by atoms with E-state index in [9.17, 15) is 29.4 Å². The van der Waals surface area contributed by atoms with Crippen molar-refractivity contribution in [2.75, 3.05) is 39.3 Å². The number of nitrogens with zero attached hydrogens (tertiary/aromatic N) is 2. The Morgan fingerprint density at radius 1 is 0.588 bits per heavy atom. The smallest absolute Gasteiger partial charge is 0.317 e. The zero-order chi connectivity index (χ0) is 24.8. The van der Waals surface area contributed by atoms with Crippen LogP contribution in [0.15, 0.2) is 60.7 Å². The number of hydrogen-bond acceptors (Lipinski definition) is 6. The Balaban J connectivity index is 1.87. The van der Waals surface area contributed by atoms with Gasteiger partial charge in [0.2, 0.25) is 11.8 Å². The summed E-state index contributed by atoms with van der Waals surface area (Å²) in [6.07, 6.45) is 0. The Morgan fingerprint density at radius 2 is 0.941 bits per heavy atom. The molecular weight excluding hydrogens is 440 g/mol. The summed E-state index contributed by atoms with van der Waals surface area (Å²) in [5, 5.41) is 23.9. The third kappa shape index (κ3) is 11.2. The molecule has 0 unspecified atom stereocenters. The van der Waals surface area contributed by atoms with Crippen LogP contribution in [-0.4, -0.2) is 83.0 Å². The van der Waals surface area contributed by atoms with Crippen molar-refractivity contribution in [3.63, 3.8) is 0 Å². The Labute approximate surface area is 198 Å². The number of aliphatic carboxylic acids is 2. The Hall–Kier alpha value is -3.76. The van der Waals surface area contributed by atoms with Crippen LogP contribution in [0.25, 0.3) is 0 Å². The minimum atomic E-state index is -1.11. The number of carboxylic acids is 2. The monoisotopic (exact) mass is 470 g/mol. The van der Waals surface area contributed by atoms with Gasteiger partial charge in [-0.05, 0) is 11.1 Å². The summed E-state index contributed by atoms with van der Waals surface area (Å²) in [6, 6.07) is 18.6. The van der Waals surface area contributed by atoms with Crippen LogP contribution in [0.3, 0.4) is 0 Å². The van der Waals surface area contributed by atoms with Gasteiger partial charge in [-0.15, -0.1) is 0 Å². The molecule has 2 aromatic carbocycles. The summed E-state index contributed by atoms with van der Waals surface area (Å²) < 4.78 is 0. The molecule has 34 heavy (non-hydrogen) atoms. The lowest BCUT2D eigenvalue weighted by atomic mass is 10.2. The van der Waals surface area contributed by atoms with Crippen molar-refractivity contribution in [1.82, 2.24) is 20.4 Å². The second kappa shape index (κ2) is 14.4. The third-order valence-corrected chi connectivity index (χ3v) is 4.85. The average Bonchev–Trinajstić information content (AvgIpc) is 2.80. The summed E-state index contributed by atoms with van der Waals surface area (Å²) in [5.41, 5.74) is 1.82. The Bertz CT molecular complexity index is 861. The van der Waals surface area contributed by atoms with E-state index in [1.807, 2.05) is 60.7 Å². The molecule has 0 fully saturated rings. The molecule has 2 amide bonds. The van der Waals surface area contributed by atoms with Gasteiger partial charge in [-0.1, -0.05) is 60.7 Å². The molecule has 10 nitrogen and oxygen atoms in total. The van der Waals surface area contributed by atoms with Crippen LogP contribution < -0.4 is 10.6 Å². The topological polar surface area (TPSA) is 139 Å². The molecule has 2 aromatic rings. The van der Waals surface area contributed by atoms with Gasteiger partial charge in [0, 0.05) is 26.2 Å². The molecule has 0 aliphatic rings. The molecule has 0 bridgehead atoms. The zero-order valence-corrected chi connectivity index (χ0v) is 18.9. The normalized spacial score (nSPS) is 10.8. The molecule has 0 saturated heterocycles. The number of nitrogens with one attached hydrogen (secondary N) is 2. The minimum absolute atomic E-state index is 0.101. The van der Waals surface area contributed by atoms with Crippen LogP contribution in [-0.2, 0) is 32.3 Å². The summed E-state index contributed by atoms with van der Waals surface area (Å²) in [6.45, 7) is -0.282.